The molecule has 1 aromatic carbocycles. The number of amides is 1. The highest BCUT2D eigenvalue weighted by Gasteiger charge is 2.27. The monoisotopic (exact) mass is 452 g/mol. The maximum atomic E-state index is 12.6. The van der Waals surface area contributed by atoms with Gasteiger partial charge in [-0.1, -0.05) is 0 Å². The third-order valence-corrected chi connectivity index (χ3v) is 4.27. The van der Waals surface area contributed by atoms with Crippen molar-refractivity contribution in [3.05, 3.63) is 60.6 Å². The van der Waals surface area contributed by atoms with E-state index in [1.807, 2.05) is 0 Å². The van der Waals surface area contributed by atoms with Gasteiger partial charge in [0.2, 0.25) is 0 Å². The number of nitro groups is 2. The number of hydrogen-bond acceptors (Lipinski definition) is 10. The summed E-state index contributed by atoms with van der Waals surface area (Å²) in [6.45, 7) is 4.52. The fourth-order valence-electron chi connectivity index (χ4n) is 2.40. The van der Waals surface area contributed by atoms with Gasteiger partial charge < -0.3 is 14.8 Å². The zero-order valence-corrected chi connectivity index (χ0v) is 17.7. The number of esters is 1. The molecule has 2 aromatic rings. The molecule has 0 saturated carbocycles. The Hall–Kier alpha value is -3.61. The average Bonchev–Trinajstić information content (AvgIpc) is 3.16. The van der Waals surface area contributed by atoms with E-state index in [-0.39, 0.29) is 12.0 Å². The second-order valence-corrected chi connectivity index (χ2v) is 8.08. The lowest BCUT2D eigenvalue weighted by Crippen LogP contribution is -2.45. The van der Waals surface area contributed by atoms with Gasteiger partial charge in [0.25, 0.3) is 11.4 Å². The molecule has 0 unspecified atom stereocenters. The summed E-state index contributed by atoms with van der Waals surface area (Å²) in [6, 6.07) is 1.79. The minimum absolute atomic E-state index is 0.0245. The molecule has 0 fully saturated rings. The van der Waals surface area contributed by atoms with Crippen LogP contribution in [0.5, 0.6) is 0 Å². The van der Waals surface area contributed by atoms with E-state index in [0.717, 1.165) is 18.2 Å². The normalized spacial score (nSPS) is 12.0. The number of carbonyl (C=O) groups excluding carboxylic acids is 2. The highest BCUT2D eigenvalue weighted by atomic mass is 32.1. The first-order valence-electron chi connectivity index (χ1n) is 8.90. The average molecular weight is 452 g/mol. The summed E-state index contributed by atoms with van der Waals surface area (Å²) < 4.78 is 10.3. The molecule has 12 nitrogen and oxygen atoms in total. The first-order chi connectivity index (χ1) is 14.4. The summed E-state index contributed by atoms with van der Waals surface area (Å²) in [4.78, 5) is 49.2. The lowest BCUT2D eigenvalue weighted by molar-refractivity contribution is -0.394. The van der Waals surface area contributed by atoms with Gasteiger partial charge in [0.05, 0.1) is 27.1 Å². The highest BCUT2D eigenvalue weighted by Crippen LogP contribution is 2.23. The van der Waals surface area contributed by atoms with Crippen LogP contribution in [0.3, 0.4) is 0 Å². The number of non-ortho nitro benzene ring substituents is 2. The molecule has 0 aliphatic rings. The molecule has 0 aliphatic carbocycles. The number of hydrogen-bond donors (Lipinski definition) is 1. The Kier molecular flexibility index (Phi) is 7.58. The maximum absolute atomic E-state index is 12.6. The van der Waals surface area contributed by atoms with E-state index in [1.165, 1.54) is 11.3 Å². The molecule has 1 aromatic heterocycles. The fraction of sp³-hybridized carbons (Fsp3) is 0.389. The summed E-state index contributed by atoms with van der Waals surface area (Å²) in [5, 5.41) is 26.1. The quantitative estimate of drug-likeness (QED) is 0.360. The topological polar surface area (TPSA) is 164 Å². The second-order valence-electron chi connectivity index (χ2n) is 7.36. The molecule has 1 N–H and O–H groups in total. The minimum atomic E-state index is -1.15. The third-order valence-electron chi connectivity index (χ3n) is 3.64. The number of nitro benzene ring substituents is 2. The number of rotatable bonds is 8. The minimum Gasteiger partial charge on any atom is -0.459 e. The van der Waals surface area contributed by atoms with Crippen molar-refractivity contribution in [3.8, 4) is 0 Å². The summed E-state index contributed by atoms with van der Waals surface area (Å²) in [6.07, 6.45) is -0.813. The summed E-state index contributed by atoms with van der Waals surface area (Å²) >= 11 is 1.31. The Labute approximate surface area is 180 Å². The number of nitrogens with one attached hydrogen (secondary N) is 1. The van der Waals surface area contributed by atoms with Gasteiger partial charge in [0, 0.05) is 29.5 Å². The predicted molar refractivity (Wildman–Crippen MR) is 109 cm³/mol. The summed E-state index contributed by atoms with van der Waals surface area (Å²) in [5.41, 5.74) is 0.347. The lowest BCUT2D eigenvalue weighted by atomic mass is 10.1. The molecular weight excluding hydrogens is 432 g/mol. The number of carbonyl (C=O) groups is 2. The van der Waals surface area contributed by atoms with Crippen LogP contribution in [-0.4, -0.2) is 38.5 Å². The van der Waals surface area contributed by atoms with Gasteiger partial charge in [-0.25, -0.2) is 14.6 Å². The van der Waals surface area contributed by atoms with E-state index in [9.17, 15) is 29.8 Å². The first-order valence-corrected chi connectivity index (χ1v) is 9.85. The van der Waals surface area contributed by atoms with Gasteiger partial charge >= 0.3 is 12.1 Å². The SMILES string of the molecule is CC(C)(C)OC(=O)N[C@@H](Cc1cscn1)C(=O)OCc1cc([N+](=O)[O-])cc([N+](=O)[O-])c1. The number of nitrogens with zero attached hydrogens (tertiary/aromatic N) is 3. The molecule has 0 bridgehead atoms. The van der Waals surface area contributed by atoms with E-state index < -0.39 is 51.5 Å². The molecule has 1 atom stereocenters. The van der Waals surface area contributed by atoms with Gasteiger partial charge in [-0.3, -0.25) is 20.2 Å². The number of ether oxygens (including phenoxy) is 2. The molecule has 13 heteroatoms. The van der Waals surface area contributed by atoms with Gasteiger partial charge in [0.15, 0.2) is 0 Å². The molecule has 0 radical (unpaired) electrons. The van der Waals surface area contributed by atoms with Crippen LogP contribution in [0.1, 0.15) is 32.0 Å². The van der Waals surface area contributed by atoms with Crippen LogP contribution in [0, 0.1) is 20.2 Å². The highest BCUT2D eigenvalue weighted by molar-refractivity contribution is 7.07. The molecule has 2 rings (SSSR count). The summed E-state index contributed by atoms with van der Waals surface area (Å²) in [7, 11) is 0. The van der Waals surface area contributed by atoms with E-state index in [2.05, 4.69) is 10.3 Å². The van der Waals surface area contributed by atoms with Crippen molar-refractivity contribution in [1.29, 1.82) is 0 Å². The molecule has 0 spiro atoms. The van der Waals surface area contributed by atoms with Crippen LogP contribution in [0.4, 0.5) is 16.2 Å². The van der Waals surface area contributed by atoms with E-state index in [4.69, 9.17) is 9.47 Å². The predicted octanol–water partition coefficient (Wildman–Crippen LogP) is 3.14. The van der Waals surface area contributed by atoms with Crippen molar-refractivity contribution in [2.45, 2.75) is 45.4 Å². The van der Waals surface area contributed by atoms with Crippen molar-refractivity contribution in [2.75, 3.05) is 0 Å². The molecular formula is C18H20N4O8S. The van der Waals surface area contributed by atoms with Crippen molar-refractivity contribution in [2.24, 2.45) is 0 Å². The van der Waals surface area contributed by atoms with Gasteiger partial charge in [0.1, 0.15) is 18.2 Å². The van der Waals surface area contributed by atoms with Gasteiger partial charge in [-0.2, -0.15) is 0 Å². The molecule has 1 heterocycles. The maximum Gasteiger partial charge on any atom is 0.408 e. The van der Waals surface area contributed by atoms with Crippen molar-refractivity contribution in [1.82, 2.24) is 10.3 Å². The zero-order valence-electron chi connectivity index (χ0n) is 16.9. The molecule has 0 aliphatic heterocycles. The van der Waals surface area contributed by atoms with Gasteiger partial charge in [-0.15, -0.1) is 11.3 Å². The second kappa shape index (κ2) is 9.93. The molecule has 31 heavy (non-hydrogen) atoms. The third kappa shape index (κ3) is 7.62. The van der Waals surface area contributed by atoms with Crippen molar-refractivity contribution < 1.29 is 28.9 Å². The standard InChI is InChI=1S/C18H20N4O8S/c1-18(2,3)30-17(24)20-15(6-12-9-31-10-19-12)16(23)29-8-11-4-13(21(25)26)7-14(5-11)22(27)28/h4-5,7,9-10,15H,6,8H2,1-3H3,(H,20,24)/t15-/m0/s1. The molecule has 0 saturated heterocycles. The van der Waals surface area contributed by atoms with Crippen LogP contribution in [0.2, 0.25) is 0 Å². The Morgan fingerprint density at radius 3 is 2.26 bits per heavy atom. The van der Waals surface area contributed by atoms with E-state index in [0.29, 0.717) is 5.69 Å². The number of benzene rings is 1. The van der Waals surface area contributed by atoms with Crippen LogP contribution in [0.15, 0.2) is 29.1 Å². The molecule has 166 valence electrons. The number of alkyl carbamates (subject to hydrolysis) is 1. The van der Waals surface area contributed by atoms with E-state index >= 15 is 0 Å². The summed E-state index contributed by atoms with van der Waals surface area (Å²) in [5.74, 6) is -0.854. The Morgan fingerprint density at radius 2 is 1.77 bits per heavy atom. The van der Waals surface area contributed by atoms with Crippen LogP contribution >= 0.6 is 11.3 Å². The van der Waals surface area contributed by atoms with Crippen LogP contribution < -0.4 is 5.32 Å². The number of thiazole rings is 1. The van der Waals surface area contributed by atoms with Crippen LogP contribution in [0.25, 0.3) is 0 Å². The lowest BCUT2D eigenvalue weighted by Gasteiger charge is -2.22. The Bertz CT molecular complexity index is 939. The van der Waals surface area contributed by atoms with Crippen molar-refractivity contribution >= 4 is 34.8 Å². The first kappa shape index (κ1) is 23.7. The van der Waals surface area contributed by atoms with E-state index in [1.54, 1.807) is 31.7 Å². The Balaban J connectivity index is 2.14. The van der Waals surface area contributed by atoms with Crippen molar-refractivity contribution in [3.63, 3.8) is 0 Å². The largest absolute Gasteiger partial charge is 0.459 e. The smallest absolute Gasteiger partial charge is 0.408 e. The van der Waals surface area contributed by atoms with Gasteiger partial charge in [-0.05, 0) is 20.8 Å². The fourth-order valence-corrected chi connectivity index (χ4v) is 2.97. The Morgan fingerprint density at radius 1 is 1.16 bits per heavy atom. The molecule has 1 amide bonds. The van der Waals surface area contributed by atoms with Crippen LogP contribution in [-0.2, 0) is 27.3 Å². The zero-order chi connectivity index (χ0) is 23.2. The number of aromatic nitrogens is 1.